The zero-order valence-corrected chi connectivity index (χ0v) is 21.3. The lowest BCUT2D eigenvalue weighted by molar-refractivity contribution is -0.137. The van der Waals surface area contributed by atoms with Gasteiger partial charge in [0.15, 0.2) is 0 Å². The van der Waals surface area contributed by atoms with E-state index in [1.54, 1.807) is 31.1 Å². The van der Waals surface area contributed by atoms with E-state index in [0.717, 1.165) is 17.7 Å². The first-order valence-electron chi connectivity index (χ1n) is 11.8. The van der Waals surface area contributed by atoms with Gasteiger partial charge in [0.05, 0.1) is 12.7 Å². The molecule has 10 heteroatoms. The van der Waals surface area contributed by atoms with E-state index >= 15 is 0 Å². The highest BCUT2D eigenvalue weighted by atomic mass is 35.5. The number of amides is 2. The van der Waals surface area contributed by atoms with Gasteiger partial charge in [0.25, 0.3) is 0 Å². The first-order chi connectivity index (χ1) is 16.9. The van der Waals surface area contributed by atoms with Crippen molar-refractivity contribution in [3.05, 3.63) is 58.1 Å². The summed E-state index contributed by atoms with van der Waals surface area (Å²) in [6.45, 7) is 5.26. The van der Waals surface area contributed by atoms with E-state index < -0.39 is 23.6 Å². The van der Waals surface area contributed by atoms with Gasteiger partial charge in [-0.2, -0.15) is 13.2 Å². The molecule has 0 bridgehead atoms. The van der Waals surface area contributed by atoms with E-state index in [1.165, 1.54) is 6.07 Å². The molecule has 0 spiro atoms. The zero-order chi connectivity index (χ0) is 26.6. The maximum absolute atomic E-state index is 13.3. The lowest BCUT2D eigenvalue weighted by Crippen LogP contribution is -2.50. The molecule has 196 valence electrons. The molecule has 6 nitrogen and oxygen atoms in total. The highest BCUT2D eigenvalue weighted by Gasteiger charge is 2.32. The lowest BCUT2D eigenvalue weighted by Gasteiger charge is -2.38. The smallest absolute Gasteiger partial charge is 0.416 e. The maximum Gasteiger partial charge on any atom is 0.416 e. The van der Waals surface area contributed by atoms with Crippen LogP contribution in [0.2, 0.25) is 5.02 Å². The van der Waals surface area contributed by atoms with Gasteiger partial charge in [-0.3, -0.25) is 9.59 Å². The molecule has 2 aromatic rings. The highest BCUT2D eigenvalue weighted by molar-refractivity contribution is 6.30. The first kappa shape index (κ1) is 27.6. The Kier molecular flexibility index (Phi) is 8.76. The van der Waals surface area contributed by atoms with E-state index in [4.69, 9.17) is 22.1 Å². The number of nitrogens with zero attached hydrogens (tertiary/aromatic N) is 2. The summed E-state index contributed by atoms with van der Waals surface area (Å²) in [6, 6.07) is 8.91. The summed E-state index contributed by atoms with van der Waals surface area (Å²) in [7, 11) is 1.56. The number of nitrogens with two attached hydrogens (primary N) is 1. The van der Waals surface area contributed by atoms with Gasteiger partial charge in [-0.25, -0.2) is 0 Å². The normalized spacial score (nSPS) is 16.0. The number of carbonyl (C=O) groups is 2. The van der Waals surface area contributed by atoms with Crippen molar-refractivity contribution in [2.75, 3.05) is 38.2 Å². The predicted molar refractivity (Wildman–Crippen MR) is 133 cm³/mol. The number of alkyl halides is 3. The van der Waals surface area contributed by atoms with Crippen molar-refractivity contribution in [3.63, 3.8) is 0 Å². The van der Waals surface area contributed by atoms with Crippen LogP contribution in [-0.2, 0) is 28.6 Å². The van der Waals surface area contributed by atoms with Crippen LogP contribution < -0.4 is 15.4 Å². The third kappa shape index (κ3) is 6.63. The van der Waals surface area contributed by atoms with Crippen LogP contribution in [0.15, 0.2) is 36.4 Å². The minimum atomic E-state index is -4.49. The van der Waals surface area contributed by atoms with E-state index in [-0.39, 0.29) is 18.2 Å². The standard InChI is InChI=1S/C26H31ClF3N3O3/c1-16(24(31)34)12-19-14-20(26(28,29)30)5-7-22(19)32-8-10-33(11-9-32)25(35)17(2)13-18-4-6-21(27)15-23(18)36-3/h4-7,14-17H,8-13H2,1-3H3,(H2,31,34)/t16-,17+/m0/s1. The topological polar surface area (TPSA) is 75.9 Å². The molecule has 3 rings (SSSR count). The molecule has 0 radical (unpaired) electrons. The number of ether oxygens (including phenoxy) is 1. The summed E-state index contributed by atoms with van der Waals surface area (Å²) in [6.07, 6.45) is -3.89. The number of halogens is 4. The van der Waals surface area contributed by atoms with Crippen LogP contribution in [-0.4, -0.2) is 50.0 Å². The second-order valence-electron chi connectivity index (χ2n) is 9.22. The minimum Gasteiger partial charge on any atom is -0.496 e. The largest absolute Gasteiger partial charge is 0.496 e. The minimum absolute atomic E-state index is 0.00152. The molecular weight excluding hydrogens is 495 g/mol. The Bertz CT molecular complexity index is 1100. The Balaban J connectivity index is 1.70. The number of benzene rings is 2. The van der Waals surface area contributed by atoms with Gasteiger partial charge >= 0.3 is 6.18 Å². The molecule has 2 aromatic carbocycles. The third-order valence-corrected chi connectivity index (χ3v) is 6.78. The molecule has 1 aliphatic heterocycles. The summed E-state index contributed by atoms with van der Waals surface area (Å²) in [4.78, 5) is 28.4. The Morgan fingerprint density at radius 1 is 1.00 bits per heavy atom. The number of methoxy groups -OCH3 is 1. The number of anilines is 1. The number of carbonyl (C=O) groups excluding carboxylic acids is 2. The van der Waals surface area contributed by atoms with Crippen LogP contribution in [0.3, 0.4) is 0 Å². The van der Waals surface area contributed by atoms with Crippen molar-refractivity contribution in [1.29, 1.82) is 0 Å². The monoisotopic (exact) mass is 525 g/mol. The maximum atomic E-state index is 13.3. The van der Waals surface area contributed by atoms with Gasteiger partial charge in [-0.15, -0.1) is 0 Å². The fraction of sp³-hybridized carbons (Fsp3) is 0.462. The van der Waals surface area contributed by atoms with Crippen molar-refractivity contribution in [1.82, 2.24) is 4.90 Å². The zero-order valence-electron chi connectivity index (χ0n) is 20.6. The molecule has 1 aliphatic rings. The second-order valence-corrected chi connectivity index (χ2v) is 9.66. The van der Waals surface area contributed by atoms with E-state index in [2.05, 4.69) is 0 Å². The Morgan fingerprint density at radius 2 is 1.64 bits per heavy atom. The van der Waals surface area contributed by atoms with Crippen molar-refractivity contribution in [3.8, 4) is 5.75 Å². The molecule has 2 amide bonds. The number of rotatable bonds is 8. The molecule has 0 aromatic heterocycles. The van der Waals surface area contributed by atoms with Crippen LogP contribution in [0.5, 0.6) is 5.75 Å². The summed E-state index contributed by atoms with van der Waals surface area (Å²) in [5.74, 6) is -0.834. The molecule has 2 atom stereocenters. The average Bonchev–Trinajstić information content (AvgIpc) is 2.84. The van der Waals surface area contributed by atoms with Gasteiger partial charge in [0.1, 0.15) is 5.75 Å². The fourth-order valence-corrected chi connectivity index (χ4v) is 4.61. The highest BCUT2D eigenvalue weighted by Crippen LogP contribution is 2.34. The van der Waals surface area contributed by atoms with Crippen LogP contribution in [0.4, 0.5) is 18.9 Å². The predicted octanol–water partition coefficient (Wildman–Crippen LogP) is 4.56. The third-order valence-electron chi connectivity index (χ3n) is 6.55. The van der Waals surface area contributed by atoms with Crippen LogP contribution in [0, 0.1) is 11.8 Å². The molecular formula is C26H31ClF3N3O3. The van der Waals surface area contributed by atoms with Crippen LogP contribution >= 0.6 is 11.6 Å². The van der Waals surface area contributed by atoms with Crippen LogP contribution in [0.1, 0.15) is 30.5 Å². The fourth-order valence-electron chi connectivity index (χ4n) is 4.45. The molecule has 1 fully saturated rings. The van der Waals surface area contributed by atoms with Gasteiger partial charge < -0.3 is 20.3 Å². The Morgan fingerprint density at radius 3 is 2.22 bits per heavy atom. The molecule has 1 heterocycles. The summed E-state index contributed by atoms with van der Waals surface area (Å²) < 4.78 is 45.3. The van der Waals surface area contributed by atoms with Gasteiger partial charge in [0, 0.05) is 48.7 Å². The Hall–Kier alpha value is -2.94. The quantitative estimate of drug-likeness (QED) is 0.548. The van der Waals surface area contributed by atoms with Crippen molar-refractivity contribution >= 4 is 29.1 Å². The number of hydrogen-bond acceptors (Lipinski definition) is 4. The average molecular weight is 526 g/mol. The molecule has 2 N–H and O–H groups in total. The molecule has 1 saturated heterocycles. The van der Waals surface area contributed by atoms with E-state index in [1.807, 2.05) is 17.9 Å². The van der Waals surface area contributed by atoms with Crippen molar-refractivity contribution in [2.45, 2.75) is 32.9 Å². The lowest BCUT2D eigenvalue weighted by atomic mass is 9.96. The number of piperazine rings is 1. The summed E-state index contributed by atoms with van der Waals surface area (Å²) in [5.41, 5.74) is 6.53. The molecule has 36 heavy (non-hydrogen) atoms. The van der Waals surface area contributed by atoms with E-state index in [0.29, 0.717) is 54.6 Å². The van der Waals surface area contributed by atoms with Gasteiger partial charge in [-0.05, 0) is 54.3 Å². The number of primary amides is 1. The van der Waals surface area contributed by atoms with Gasteiger partial charge in [-0.1, -0.05) is 31.5 Å². The van der Waals surface area contributed by atoms with Gasteiger partial charge in [0.2, 0.25) is 11.8 Å². The molecule has 0 aliphatic carbocycles. The first-order valence-corrected chi connectivity index (χ1v) is 12.1. The summed E-state index contributed by atoms with van der Waals surface area (Å²) >= 11 is 6.03. The summed E-state index contributed by atoms with van der Waals surface area (Å²) in [5, 5.41) is 0.554. The number of hydrogen-bond donors (Lipinski definition) is 1. The molecule has 0 unspecified atom stereocenters. The molecule has 0 saturated carbocycles. The Labute approximate surface area is 214 Å². The SMILES string of the molecule is COc1cc(Cl)ccc1C[C@@H](C)C(=O)N1CCN(c2ccc(C(F)(F)F)cc2C[C@H](C)C(N)=O)CC1. The van der Waals surface area contributed by atoms with Crippen molar-refractivity contribution in [2.24, 2.45) is 17.6 Å². The van der Waals surface area contributed by atoms with E-state index in [9.17, 15) is 22.8 Å². The van der Waals surface area contributed by atoms with Crippen molar-refractivity contribution < 1.29 is 27.5 Å². The van der Waals surface area contributed by atoms with Crippen LogP contribution in [0.25, 0.3) is 0 Å². The second kappa shape index (κ2) is 11.4.